The van der Waals surface area contributed by atoms with Gasteiger partial charge in [0.2, 0.25) is 0 Å². The summed E-state index contributed by atoms with van der Waals surface area (Å²) in [7, 11) is 0. The third-order valence-electron chi connectivity index (χ3n) is 4.10. The van der Waals surface area contributed by atoms with Gasteiger partial charge in [-0.25, -0.2) is 14.0 Å². The number of hydrogen-bond acceptors (Lipinski definition) is 6. The molecule has 1 heterocycles. The summed E-state index contributed by atoms with van der Waals surface area (Å²) >= 11 is 0. The van der Waals surface area contributed by atoms with Gasteiger partial charge in [-0.3, -0.25) is 0 Å². The summed E-state index contributed by atoms with van der Waals surface area (Å²) in [6, 6.07) is 2.38. The van der Waals surface area contributed by atoms with Crippen LogP contribution in [0.4, 0.5) is 20.6 Å². The smallest absolute Gasteiger partial charge is 0.407 e. The summed E-state index contributed by atoms with van der Waals surface area (Å²) in [6.45, 7) is 8.29. The number of benzene rings is 1. The number of alkyl carbamates (subject to hydrolysis) is 1. The van der Waals surface area contributed by atoms with Crippen molar-refractivity contribution in [2.75, 3.05) is 30.3 Å². The number of ether oxygens (including phenoxy) is 2. The van der Waals surface area contributed by atoms with Crippen LogP contribution in [0.15, 0.2) is 12.1 Å². The van der Waals surface area contributed by atoms with Crippen LogP contribution in [0.25, 0.3) is 0 Å². The first kappa shape index (κ1) is 20.8. The number of amides is 1. The van der Waals surface area contributed by atoms with E-state index in [-0.39, 0.29) is 23.9 Å². The number of nitrogens with two attached hydrogens (primary N) is 1. The first-order valence-corrected chi connectivity index (χ1v) is 9.11. The fourth-order valence-electron chi connectivity index (χ4n) is 2.99. The Morgan fingerprint density at radius 3 is 2.70 bits per heavy atom. The van der Waals surface area contributed by atoms with Crippen LogP contribution >= 0.6 is 0 Å². The minimum absolute atomic E-state index is 0.0125. The molecule has 0 spiro atoms. The van der Waals surface area contributed by atoms with Crippen molar-refractivity contribution >= 4 is 23.4 Å². The minimum Gasteiger partial charge on any atom is -0.462 e. The van der Waals surface area contributed by atoms with Crippen LogP contribution in [-0.2, 0) is 9.47 Å². The number of nitrogens with one attached hydrogen (secondary N) is 1. The van der Waals surface area contributed by atoms with Crippen LogP contribution < -0.4 is 16.0 Å². The molecule has 0 radical (unpaired) electrons. The molecule has 1 aromatic carbocycles. The summed E-state index contributed by atoms with van der Waals surface area (Å²) in [4.78, 5) is 25.6. The first-order valence-electron chi connectivity index (χ1n) is 9.11. The SMILES string of the molecule is CCOC(=O)c1cc(F)c(N2CCC[C@H](NC(=O)OC(C)(C)C)C2)cc1N. The molecule has 1 atom stereocenters. The number of nitrogens with zero attached hydrogens (tertiary/aromatic N) is 1. The number of carbonyl (C=O) groups excluding carboxylic acids is 2. The second-order valence-electron chi connectivity index (χ2n) is 7.54. The van der Waals surface area contributed by atoms with E-state index in [1.807, 2.05) is 4.90 Å². The highest BCUT2D eigenvalue weighted by Crippen LogP contribution is 2.28. The summed E-state index contributed by atoms with van der Waals surface area (Å²) in [6.07, 6.45) is 1.06. The van der Waals surface area contributed by atoms with Gasteiger partial charge in [0.15, 0.2) is 0 Å². The van der Waals surface area contributed by atoms with Crippen LogP contribution in [0, 0.1) is 5.82 Å². The molecular formula is C19H28FN3O4. The van der Waals surface area contributed by atoms with Gasteiger partial charge in [0, 0.05) is 24.8 Å². The Balaban J connectivity index is 2.10. The van der Waals surface area contributed by atoms with E-state index in [1.54, 1.807) is 27.7 Å². The van der Waals surface area contributed by atoms with Crippen molar-refractivity contribution in [3.8, 4) is 0 Å². The molecule has 1 amide bonds. The maximum atomic E-state index is 14.6. The van der Waals surface area contributed by atoms with Gasteiger partial charge in [0.1, 0.15) is 11.4 Å². The van der Waals surface area contributed by atoms with E-state index in [0.717, 1.165) is 18.9 Å². The van der Waals surface area contributed by atoms with E-state index in [2.05, 4.69) is 5.32 Å². The standard InChI is InChI=1S/C19H28FN3O4/c1-5-26-17(24)13-9-14(20)16(10-15(13)21)23-8-6-7-12(11-23)22-18(25)27-19(2,3)4/h9-10,12H,5-8,11,21H2,1-4H3,(H,22,25)/t12-/m0/s1. The van der Waals surface area contributed by atoms with Gasteiger partial charge in [0.05, 0.1) is 17.9 Å². The number of rotatable bonds is 4. The van der Waals surface area contributed by atoms with Gasteiger partial charge in [-0.2, -0.15) is 0 Å². The highest BCUT2D eigenvalue weighted by Gasteiger charge is 2.26. The fourth-order valence-corrected chi connectivity index (χ4v) is 2.99. The van der Waals surface area contributed by atoms with Crippen molar-refractivity contribution in [1.29, 1.82) is 0 Å². The molecule has 0 bridgehead atoms. The van der Waals surface area contributed by atoms with Crippen LogP contribution in [0.2, 0.25) is 0 Å². The van der Waals surface area contributed by atoms with Gasteiger partial charge in [-0.1, -0.05) is 0 Å². The average molecular weight is 381 g/mol. The van der Waals surface area contributed by atoms with Crippen molar-refractivity contribution in [2.24, 2.45) is 0 Å². The Labute approximate surface area is 159 Å². The molecular weight excluding hydrogens is 353 g/mol. The second-order valence-corrected chi connectivity index (χ2v) is 7.54. The van der Waals surface area contributed by atoms with Crippen molar-refractivity contribution in [3.05, 3.63) is 23.5 Å². The van der Waals surface area contributed by atoms with Gasteiger partial charge in [-0.15, -0.1) is 0 Å². The lowest BCUT2D eigenvalue weighted by atomic mass is 10.0. The number of piperidine rings is 1. The zero-order valence-corrected chi connectivity index (χ0v) is 16.3. The Kier molecular flexibility index (Phi) is 6.51. The molecule has 0 aromatic heterocycles. The summed E-state index contributed by atoms with van der Waals surface area (Å²) in [5.41, 5.74) is 5.82. The highest BCUT2D eigenvalue weighted by molar-refractivity contribution is 5.96. The summed E-state index contributed by atoms with van der Waals surface area (Å²) < 4.78 is 24.8. The van der Waals surface area contributed by atoms with E-state index in [1.165, 1.54) is 6.07 Å². The second kappa shape index (κ2) is 8.45. The zero-order valence-electron chi connectivity index (χ0n) is 16.3. The van der Waals surface area contributed by atoms with Gasteiger partial charge in [0.25, 0.3) is 0 Å². The number of carbonyl (C=O) groups is 2. The molecule has 2 rings (SSSR count). The molecule has 1 aliphatic rings. The number of esters is 1. The van der Waals surface area contributed by atoms with Gasteiger partial charge in [-0.05, 0) is 52.7 Å². The number of hydrogen-bond donors (Lipinski definition) is 2. The quantitative estimate of drug-likeness (QED) is 0.615. The molecule has 8 heteroatoms. The van der Waals surface area contributed by atoms with E-state index in [9.17, 15) is 14.0 Å². The predicted octanol–water partition coefficient (Wildman–Crippen LogP) is 3.08. The predicted molar refractivity (Wildman–Crippen MR) is 101 cm³/mol. The maximum absolute atomic E-state index is 14.6. The lowest BCUT2D eigenvalue weighted by Gasteiger charge is -2.35. The van der Waals surface area contributed by atoms with E-state index < -0.39 is 23.5 Å². The average Bonchev–Trinajstić information content (AvgIpc) is 2.55. The number of nitrogen functional groups attached to an aromatic ring is 1. The van der Waals surface area contributed by atoms with E-state index in [0.29, 0.717) is 18.8 Å². The molecule has 0 unspecified atom stereocenters. The topological polar surface area (TPSA) is 93.9 Å². The Bertz CT molecular complexity index is 703. The molecule has 3 N–H and O–H groups in total. The minimum atomic E-state index is -0.649. The van der Waals surface area contributed by atoms with Crippen molar-refractivity contribution < 1.29 is 23.5 Å². The summed E-state index contributed by atoms with van der Waals surface area (Å²) in [5, 5.41) is 2.82. The molecule has 27 heavy (non-hydrogen) atoms. The lowest BCUT2D eigenvalue weighted by Crippen LogP contribution is -2.49. The normalized spacial score (nSPS) is 17.4. The third kappa shape index (κ3) is 5.74. The zero-order chi connectivity index (χ0) is 20.2. The van der Waals surface area contributed by atoms with E-state index >= 15 is 0 Å². The molecule has 150 valence electrons. The van der Waals surface area contributed by atoms with Crippen molar-refractivity contribution in [1.82, 2.24) is 5.32 Å². The lowest BCUT2D eigenvalue weighted by molar-refractivity contribution is 0.0496. The van der Waals surface area contributed by atoms with Crippen LogP contribution in [0.5, 0.6) is 0 Å². The molecule has 1 saturated heterocycles. The molecule has 7 nitrogen and oxygen atoms in total. The van der Waals surface area contributed by atoms with E-state index in [4.69, 9.17) is 15.2 Å². The van der Waals surface area contributed by atoms with Crippen LogP contribution in [-0.4, -0.2) is 43.4 Å². The van der Waals surface area contributed by atoms with Crippen molar-refractivity contribution in [3.63, 3.8) is 0 Å². The summed E-state index contributed by atoms with van der Waals surface area (Å²) in [5.74, 6) is -1.20. The molecule has 1 fully saturated rings. The maximum Gasteiger partial charge on any atom is 0.407 e. The van der Waals surface area contributed by atoms with Gasteiger partial charge < -0.3 is 25.4 Å². The largest absolute Gasteiger partial charge is 0.462 e. The molecule has 1 aliphatic heterocycles. The molecule has 0 aliphatic carbocycles. The van der Waals surface area contributed by atoms with Crippen LogP contribution in [0.1, 0.15) is 50.9 Å². The highest BCUT2D eigenvalue weighted by atomic mass is 19.1. The molecule has 0 saturated carbocycles. The van der Waals surface area contributed by atoms with Crippen LogP contribution in [0.3, 0.4) is 0 Å². The Hall–Kier alpha value is -2.51. The Morgan fingerprint density at radius 1 is 1.37 bits per heavy atom. The first-order chi connectivity index (χ1) is 12.6. The van der Waals surface area contributed by atoms with Gasteiger partial charge >= 0.3 is 12.1 Å². The monoisotopic (exact) mass is 381 g/mol. The van der Waals surface area contributed by atoms with Crippen molar-refractivity contribution in [2.45, 2.75) is 52.2 Å². The number of halogens is 1. The number of anilines is 2. The Morgan fingerprint density at radius 2 is 2.07 bits per heavy atom. The fraction of sp³-hybridized carbons (Fsp3) is 0.579. The molecule has 1 aromatic rings. The third-order valence-corrected chi connectivity index (χ3v) is 4.10.